The van der Waals surface area contributed by atoms with Crippen molar-refractivity contribution >= 4 is 17.7 Å². The van der Waals surface area contributed by atoms with Crippen LogP contribution in [0.1, 0.15) is 23.2 Å². The highest BCUT2D eigenvalue weighted by atomic mass is 16.5. The number of hydrogen-bond donors (Lipinski definition) is 2. The van der Waals surface area contributed by atoms with E-state index in [1.54, 1.807) is 4.90 Å². The molecule has 1 saturated heterocycles. The van der Waals surface area contributed by atoms with Crippen molar-refractivity contribution in [2.24, 2.45) is 0 Å². The Bertz CT molecular complexity index is 676. The Balaban J connectivity index is 2.39. The Morgan fingerprint density at radius 2 is 2.04 bits per heavy atom. The highest BCUT2D eigenvalue weighted by molar-refractivity contribution is 6.03. The monoisotopic (exact) mass is 364 g/mol. The third-order valence-corrected chi connectivity index (χ3v) is 4.17. The van der Waals surface area contributed by atoms with Crippen LogP contribution >= 0.6 is 0 Å². The molecule has 0 spiro atoms. The van der Waals surface area contributed by atoms with Crippen LogP contribution in [0.3, 0.4) is 0 Å². The van der Waals surface area contributed by atoms with Crippen LogP contribution in [-0.2, 0) is 4.74 Å². The van der Waals surface area contributed by atoms with Crippen molar-refractivity contribution in [3.63, 3.8) is 0 Å². The van der Waals surface area contributed by atoms with Crippen molar-refractivity contribution in [3.05, 3.63) is 30.4 Å². The van der Waals surface area contributed by atoms with E-state index in [-0.39, 0.29) is 36.4 Å². The van der Waals surface area contributed by atoms with Crippen molar-refractivity contribution in [3.8, 4) is 11.5 Å². The predicted molar refractivity (Wildman–Crippen MR) is 95.9 cm³/mol. The normalized spacial score (nSPS) is 16.1. The summed E-state index contributed by atoms with van der Waals surface area (Å²) < 4.78 is 15.4. The topological polar surface area (TPSA) is 97.3 Å². The maximum Gasteiger partial charge on any atom is 0.411 e. The van der Waals surface area contributed by atoms with Crippen LogP contribution in [-0.4, -0.2) is 62.0 Å². The number of benzene rings is 1. The Morgan fingerprint density at radius 3 is 2.65 bits per heavy atom. The number of carbonyl (C=O) groups is 2. The Kier molecular flexibility index (Phi) is 6.85. The summed E-state index contributed by atoms with van der Waals surface area (Å²) in [5.74, 6) is 0.422. The van der Waals surface area contributed by atoms with Crippen LogP contribution in [0.4, 0.5) is 10.5 Å². The number of methoxy groups -OCH3 is 2. The summed E-state index contributed by atoms with van der Waals surface area (Å²) in [4.78, 5) is 26.5. The van der Waals surface area contributed by atoms with E-state index in [0.29, 0.717) is 18.0 Å². The number of carbonyl (C=O) groups excluding carboxylic acids is 2. The molecule has 8 heteroatoms. The molecule has 1 heterocycles. The van der Waals surface area contributed by atoms with Crippen molar-refractivity contribution < 1.29 is 28.9 Å². The minimum atomic E-state index is -0.716. The van der Waals surface area contributed by atoms with Crippen molar-refractivity contribution in [1.82, 2.24) is 4.90 Å². The molecule has 1 aromatic rings. The first-order valence-corrected chi connectivity index (χ1v) is 8.28. The van der Waals surface area contributed by atoms with Crippen LogP contribution in [0, 0.1) is 0 Å². The molecule has 2 amide bonds. The number of aliphatic hydroxyl groups excluding tert-OH is 1. The second-order valence-corrected chi connectivity index (χ2v) is 5.74. The largest absolute Gasteiger partial charge is 0.493 e. The lowest BCUT2D eigenvalue weighted by Gasteiger charge is -2.25. The first kappa shape index (κ1) is 19.6. The van der Waals surface area contributed by atoms with E-state index in [2.05, 4.69) is 11.9 Å². The number of nitrogens with one attached hydrogen (secondary N) is 1. The van der Waals surface area contributed by atoms with E-state index in [0.717, 1.165) is 12.8 Å². The molecule has 0 saturated carbocycles. The minimum Gasteiger partial charge on any atom is -0.493 e. The lowest BCUT2D eigenvalue weighted by molar-refractivity contribution is 0.0678. The van der Waals surface area contributed by atoms with Crippen LogP contribution in [0.5, 0.6) is 11.5 Å². The molecule has 8 nitrogen and oxygen atoms in total. The predicted octanol–water partition coefficient (Wildman–Crippen LogP) is 2.04. The van der Waals surface area contributed by atoms with Crippen molar-refractivity contribution in [2.75, 3.05) is 39.3 Å². The zero-order valence-corrected chi connectivity index (χ0v) is 15.0. The molecule has 1 aliphatic rings. The van der Waals surface area contributed by atoms with Crippen LogP contribution < -0.4 is 14.8 Å². The van der Waals surface area contributed by atoms with Gasteiger partial charge >= 0.3 is 6.09 Å². The molecule has 2 rings (SSSR count). The molecule has 0 unspecified atom stereocenters. The molecular weight excluding hydrogens is 340 g/mol. The molecule has 1 atom stereocenters. The standard InChI is InChI=1S/C18H24N2O6/c1-4-8-26-18(23)19-14-10-16(25-3)15(24-2)9-13(14)17(22)20-7-5-6-12(20)11-21/h4,9-10,12,21H,1,5-8,11H2,2-3H3,(H,19,23)/t12-/m0/s1. The number of aliphatic hydroxyl groups is 1. The minimum absolute atomic E-state index is 0.0428. The van der Waals surface area contributed by atoms with Crippen LogP contribution in [0.2, 0.25) is 0 Å². The van der Waals surface area contributed by atoms with Gasteiger partial charge in [-0.15, -0.1) is 0 Å². The first-order valence-electron chi connectivity index (χ1n) is 8.28. The van der Waals surface area contributed by atoms with E-state index in [1.165, 1.54) is 32.4 Å². The molecule has 1 fully saturated rings. The molecule has 26 heavy (non-hydrogen) atoms. The SMILES string of the molecule is C=CCOC(=O)Nc1cc(OC)c(OC)cc1C(=O)N1CCC[C@H]1CO. The number of amides is 2. The van der Waals surface area contributed by atoms with Gasteiger partial charge in [-0.3, -0.25) is 10.1 Å². The van der Waals surface area contributed by atoms with Crippen molar-refractivity contribution in [2.45, 2.75) is 18.9 Å². The zero-order valence-electron chi connectivity index (χ0n) is 15.0. The summed E-state index contributed by atoms with van der Waals surface area (Å²) >= 11 is 0. The van der Waals surface area contributed by atoms with Gasteiger partial charge in [-0.25, -0.2) is 4.79 Å². The summed E-state index contributed by atoms with van der Waals surface area (Å²) in [7, 11) is 2.92. The average Bonchev–Trinajstić information content (AvgIpc) is 3.14. The number of nitrogens with zero attached hydrogens (tertiary/aromatic N) is 1. The smallest absolute Gasteiger partial charge is 0.411 e. The van der Waals surface area contributed by atoms with Gasteiger partial charge in [0.25, 0.3) is 5.91 Å². The Morgan fingerprint density at radius 1 is 1.35 bits per heavy atom. The number of likely N-dealkylation sites (tertiary alicyclic amines) is 1. The second-order valence-electron chi connectivity index (χ2n) is 5.74. The fourth-order valence-electron chi connectivity index (χ4n) is 2.89. The summed E-state index contributed by atoms with van der Waals surface area (Å²) in [6.07, 6.45) is 2.27. The van der Waals surface area contributed by atoms with Gasteiger partial charge in [-0.05, 0) is 18.9 Å². The number of ether oxygens (including phenoxy) is 3. The van der Waals surface area contributed by atoms with Gasteiger partial charge in [0.15, 0.2) is 11.5 Å². The van der Waals surface area contributed by atoms with E-state index in [9.17, 15) is 14.7 Å². The van der Waals surface area contributed by atoms with Crippen LogP contribution in [0.15, 0.2) is 24.8 Å². The van der Waals surface area contributed by atoms with E-state index < -0.39 is 6.09 Å². The molecule has 1 aromatic carbocycles. The summed E-state index contributed by atoms with van der Waals surface area (Å²) in [6, 6.07) is 2.78. The number of anilines is 1. The highest BCUT2D eigenvalue weighted by Crippen LogP contribution is 2.35. The molecule has 142 valence electrons. The molecular formula is C18H24N2O6. The Labute approximate surface area is 152 Å². The maximum absolute atomic E-state index is 13.0. The summed E-state index contributed by atoms with van der Waals surface area (Å²) in [5.41, 5.74) is 0.476. The molecule has 2 N–H and O–H groups in total. The fraction of sp³-hybridized carbons (Fsp3) is 0.444. The van der Waals surface area contributed by atoms with Crippen LogP contribution in [0.25, 0.3) is 0 Å². The average molecular weight is 364 g/mol. The first-order chi connectivity index (χ1) is 12.5. The molecule has 0 aliphatic carbocycles. The molecule has 0 radical (unpaired) electrons. The third-order valence-electron chi connectivity index (χ3n) is 4.17. The van der Waals surface area contributed by atoms with E-state index in [4.69, 9.17) is 14.2 Å². The second kappa shape index (κ2) is 9.10. The zero-order chi connectivity index (χ0) is 19.1. The van der Waals surface area contributed by atoms with Gasteiger partial charge in [0.1, 0.15) is 6.61 Å². The van der Waals surface area contributed by atoms with Crippen molar-refractivity contribution in [1.29, 1.82) is 0 Å². The van der Waals surface area contributed by atoms with E-state index >= 15 is 0 Å². The van der Waals surface area contributed by atoms with Gasteiger partial charge in [-0.2, -0.15) is 0 Å². The number of hydrogen-bond acceptors (Lipinski definition) is 6. The quantitative estimate of drug-likeness (QED) is 0.719. The van der Waals surface area contributed by atoms with Gasteiger partial charge in [0.2, 0.25) is 0 Å². The Hall–Kier alpha value is -2.74. The van der Waals surface area contributed by atoms with Gasteiger partial charge in [0.05, 0.1) is 38.1 Å². The fourth-order valence-corrected chi connectivity index (χ4v) is 2.89. The lowest BCUT2D eigenvalue weighted by Crippen LogP contribution is -2.38. The summed E-state index contributed by atoms with van der Waals surface area (Å²) in [6.45, 7) is 3.95. The lowest BCUT2D eigenvalue weighted by atomic mass is 10.1. The number of rotatable bonds is 7. The summed E-state index contributed by atoms with van der Waals surface area (Å²) in [5, 5.41) is 12.0. The van der Waals surface area contributed by atoms with E-state index in [1.807, 2.05) is 0 Å². The van der Waals surface area contributed by atoms with Gasteiger partial charge in [-0.1, -0.05) is 12.7 Å². The maximum atomic E-state index is 13.0. The highest BCUT2D eigenvalue weighted by Gasteiger charge is 2.31. The van der Waals surface area contributed by atoms with Gasteiger partial charge in [0, 0.05) is 12.6 Å². The third kappa shape index (κ3) is 4.26. The van der Waals surface area contributed by atoms with Gasteiger partial charge < -0.3 is 24.2 Å². The molecule has 1 aliphatic heterocycles. The molecule has 0 bridgehead atoms. The molecule has 0 aromatic heterocycles.